The Hall–Kier alpha value is -2.11. The first-order valence-corrected chi connectivity index (χ1v) is 5.95. The van der Waals surface area contributed by atoms with Gasteiger partial charge in [-0.25, -0.2) is 8.78 Å². The van der Waals surface area contributed by atoms with Gasteiger partial charge in [0.15, 0.2) is 5.82 Å². The number of hydrogen-bond donors (Lipinski definition) is 2. The summed E-state index contributed by atoms with van der Waals surface area (Å²) < 4.78 is 28.7. The molecule has 0 amide bonds. The molecule has 0 saturated carbocycles. The second-order valence-corrected chi connectivity index (χ2v) is 4.65. The van der Waals surface area contributed by atoms with Gasteiger partial charge in [0.1, 0.15) is 17.3 Å². The van der Waals surface area contributed by atoms with Gasteiger partial charge in [0, 0.05) is 7.05 Å². The fourth-order valence-electron chi connectivity index (χ4n) is 1.87. The fourth-order valence-corrected chi connectivity index (χ4v) is 1.87. The molecule has 0 spiro atoms. The Labute approximate surface area is 110 Å². The number of nitrogen functional groups attached to an aromatic ring is 1. The van der Waals surface area contributed by atoms with E-state index in [1.807, 2.05) is 13.8 Å². The molecule has 2 rings (SSSR count). The lowest BCUT2D eigenvalue weighted by Crippen LogP contribution is -2.04. The Morgan fingerprint density at radius 3 is 2.32 bits per heavy atom. The Morgan fingerprint density at radius 2 is 1.84 bits per heavy atom. The lowest BCUT2D eigenvalue weighted by atomic mass is 10.1. The predicted molar refractivity (Wildman–Crippen MR) is 71.4 cm³/mol. The summed E-state index contributed by atoms with van der Waals surface area (Å²) in [7, 11) is 1.67. The molecule has 1 heterocycles. The van der Waals surface area contributed by atoms with E-state index in [1.165, 1.54) is 22.9 Å². The van der Waals surface area contributed by atoms with E-state index in [9.17, 15) is 8.78 Å². The normalized spacial score (nSPS) is 11.1. The maximum Gasteiger partial charge on any atom is 0.152 e. The van der Waals surface area contributed by atoms with E-state index in [2.05, 4.69) is 10.4 Å². The molecule has 1 aromatic heterocycles. The molecule has 2 aromatic rings. The van der Waals surface area contributed by atoms with Crippen LogP contribution in [-0.4, -0.2) is 9.78 Å². The maximum atomic E-state index is 13.6. The van der Waals surface area contributed by atoms with Gasteiger partial charge in [-0.05, 0) is 18.1 Å². The molecule has 0 bridgehead atoms. The number of aromatic nitrogens is 2. The van der Waals surface area contributed by atoms with Crippen LogP contribution in [0.3, 0.4) is 0 Å². The van der Waals surface area contributed by atoms with Crippen LogP contribution >= 0.6 is 0 Å². The first-order valence-electron chi connectivity index (χ1n) is 5.95. The molecule has 0 aliphatic rings. The standard InChI is InChI=1S/C13H16F2N4/c1-7(2)11-10(16)13(19(3)18-11)17-12-8(14)5-4-6-9(12)15/h4-7,17H,16H2,1-3H3. The highest BCUT2D eigenvalue weighted by molar-refractivity contribution is 5.72. The molecule has 0 aliphatic carbocycles. The van der Waals surface area contributed by atoms with Crippen LogP contribution in [0, 0.1) is 11.6 Å². The first-order chi connectivity index (χ1) is 8.91. The zero-order chi connectivity index (χ0) is 14.2. The molecule has 102 valence electrons. The number of aryl methyl sites for hydroxylation is 1. The average Bonchev–Trinajstić information content (AvgIpc) is 2.61. The molecule has 0 radical (unpaired) electrons. The number of hydrogen-bond acceptors (Lipinski definition) is 3. The molecule has 6 heteroatoms. The van der Waals surface area contributed by atoms with Crippen LogP contribution in [0.25, 0.3) is 0 Å². The lowest BCUT2D eigenvalue weighted by Gasteiger charge is -2.09. The molecular weight excluding hydrogens is 250 g/mol. The fraction of sp³-hybridized carbons (Fsp3) is 0.308. The molecule has 0 saturated heterocycles. The van der Waals surface area contributed by atoms with E-state index in [1.54, 1.807) is 7.05 Å². The Bertz CT molecular complexity index is 585. The lowest BCUT2D eigenvalue weighted by molar-refractivity contribution is 0.590. The van der Waals surface area contributed by atoms with Gasteiger partial charge in [-0.15, -0.1) is 0 Å². The third kappa shape index (κ3) is 2.38. The SMILES string of the molecule is CC(C)c1nn(C)c(Nc2c(F)cccc2F)c1N. The molecule has 0 atom stereocenters. The van der Waals surface area contributed by atoms with Crippen LogP contribution in [0.1, 0.15) is 25.5 Å². The van der Waals surface area contributed by atoms with E-state index < -0.39 is 11.6 Å². The van der Waals surface area contributed by atoms with Gasteiger partial charge in [0.05, 0.1) is 11.4 Å². The smallest absolute Gasteiger partial charge is 0.152 e. The van der Waals surface area contributed by atoms with Gasteiger partial charge in [-0.1, -0.05) is 19.9 Å². The highest BCUT2D eigenvalue weighted by Crippen LogP contribution is 2.31. The predicted octanol–water partition coefficient (Wildman–Crippen LogP) is 3.15. The maximum absolute atomic E-state index is 13.6. The average molecular weight is 266 g/mol. The van der Waals surface area contributed by atoms with Crippen molar-refractivity contribution in [1.82, 2.24) is 9.78 Å². The Kier molecular flexibility index (Phi) is 3.42. The summed E-state index contributed by atoms with van der Waals surface area (Å²) >= 11 is 0. The Morgan fingerprint density at radius 1 is 1.26 bits per heavy atom. The molecule has 0 fully saturated rings. The summed E-state index contributed by atoms with van der Waals surface area (Å²) in [6.45, 7) is 3.90. The number of halogens is 2. The third-order valence-corrected chi connectivity index (χ3v) is 2.87. The van der Waals surface area contributed by atoms with Gasteiger partial charge in [-0.2, -0.15) is 5.10 Å². The number of nitrogens with zero attached hydrogens (tertiary/aromatic N) is 2. The van der Waals surface area contributed by atoms with Crippen molar-refractivity contribution in [2.24, 2.45) is 7.05 Å². The molecule has 3 N–H and O–H groups in total. The van der Waals surface area contributed by atoms with Crippen molar-refractivity contribution in [3.63, 3.8) is 0 Å². The summed E-state index contributed by atoms with van der Waals surface area (Å²) in [6, 6.07) is 3.67. The number of anilines is 3. The summed E-state index contributed by atoms with van der Waals surface area (Å²) in [5.74, 6) is -0.835. The highest BCUT2D eigenvalue weighted by Gasteiger charge is 2.18. The molecule has 0 unspecified atom stereocenters. The minimum absolute atomic E-state index is 0.132. The van der Waals surface area contributed by atoms with Gasteiger partial charge >= 0.3 is 0 Å². The van der Waals surface area contributed by atoms with E-state index in [-0.39, 0.29) is 11.6 Å². The van der Waals surface area contributed by atoms with Crippen LogP contribution in [0.5, 0.6) is 0 Å². The van der Waals surface area contributed by atoms with Crippen molar-refractivity contribution in [1.29, 1.82) is 0 Å². The number of nitrogens with one attached hydrogen (secondary N) is 1. The topological polar surface area (TPSA) is 55.9 Å². The molecule has 1 aromatic carbocycles. The van der Waals surface area contributed by atoms with Crippen molar-refractivity contribution in [2.45, 2.75) is 19.8 Å². The molecular formula is C13H16F2N4. The van der Waals surface area contributed by atoms with Crippen molar-refractivity contribution in [2.75, 3.05) is 11.1 Å². The van der Waals surface area contributed by atoms with Crippen molar-refractivity contribution in [3.8, 4) is 0 Å². The summed E-state index contributed by atoms with van der Waals surface area (Å²) in [6.07, 6.45) is 0. The second-order valence-electron chi connectivity index (χ2n) is 4.65. The number of para-hydroxylation sites is 1. The molecule has 0 aliphatic heterocycles. The monoisotopic (exact) mass is 266 g/mol. The number of benzene rings is 1. The zero-order valence-corrected chi connectivity index (χ0v) is 11.0. The summed E-state index contributed by atoms with van der Waals surface area (Å²) in [5.41, 5.74) is 6.83. The largest absolute Gasteiger partial charge is 0.394 e. The summed E-state index contributed by atoms with van der Waals surface area (Å²) in [5, 5.41) is 6.93. The van der Waals surface area contributed by atoms with Crippen molar-refractivity contribution in [3.05, 3.63) is 35.5 Å². The minimum atomic E-state index is -0.674. The van der Waals surface area contributed by atoms with Crippen LogP contribution in [0.4, 0.5) is 26.0 Å². The van der Waals surface area contributed by atoms with E-state index in [0.29, 0.717) is 17.2 Å². The summed E-state index contributed by atoms with van der Waals surface area (Å²) in [4.78, 5) is 0. The molecule has 4 nitrogen and oxygen atoms in total. The van der Waals surface area contributed by atoms with Gasteiger partial charge in [-0.3, -0.25) is 4.68 Å². The van der Waals surface area contributed by atoms with Crippen molar-refractivity contribution >= 4 is 17.2 Å². The van der Waals surface area contributed by atoms with Crippen LogP contribution < -0.4 is 11.1 Å². The van der Waals surface area contributed by atoms with E-state index in [0.717, 1.165) is 0 Å². The van der Waals surface area contributed by atoms with E-state index >= 15 is 0 Å². The van der Waals surface area contributed by atoms with Crippen molar-refractivity contribution < 1.29 is 8.78 Å². The van der Waals surface area contributed by atoms with Crippen LogP contribution in [0.2, 0.25) is 0 Å². The van der Waals surface area contributed by atoms with Crippen LogP contribution in [-0.2, 0) is 7.05 Å². The minimum Gasteiger partial charge on any atom is -0.394 e. The first kappa shape index (κ1) is 13.3. The molecule has 19 heavy (non-hydrogen) atoms. The van der Waals surface area contributed by atoms with Crippen LogP contribution in [0.15, 0.2) is 18.2 Å². The number of rotatable bonds is 3. The van der Waals surface area contributed by atoms with E-state index in [4.69, 9.17) is 5.73 Å². The second kappa shape index (κ2) is 4.87. The quantitative estimate of drug-likeness (QED) is 0.897. The van der Waals surface area contributed by atoms with Gasteiger partial charge < -0.3 is 11.1 Å². The number of nitrogens with two attached hydrogens (primary N) is 1. The Balaban J connectivity index is 2.44. The third-order valence-electron chi connectivity index (χ3n) is 2.87. The van der Waals surface area contributed by atoms with Gasteiger partial charge in [0.25, 0.3) is 0 Å². The zero-order valence-electron chi connectivity index (χ0n) is 11.0. The van der Waals surface area contributed by atoms with Gasteiger partial charge in [0.2, 0.25) is 0 Å². The highest BCUT2D eigenvalue weighted by atomic mass is 19.1.